The molecule has 1 fully saturated rings. The topological polar surface area (TPSA) is 44.0 Å². The first-order chi connectivity index (χ1) is 9.26. The van der Waals surface area contributed by atoms with Gasteiger partial charge < -0.3 is 15.2 Å². The highest BCUT2D eigenvalue weighted by atomic mass is 15.1. The molecule has 2 aromatic rings. The molecule has 0 aliphatic carbocycles. The van der Waals surface area contributed by atoms with Crippen molar-refractivity contribution < 1.29 is 0 Å². The predicted molar refractivity (Wildman–Crippen MR) is 78.4 cm³/mol. The van der Waals surface area contributed by atoms with Crippen molar-refractivity contribution >= 4 is 5.69 Å². The normalized spacial score (nSPS) is 19.8. The Hall–Kier alpha value is -1.81. The molecule has 0 radical (unpaired) electrons. The largest absolute Gasteiger partial charge is 0.388 e. The molecule has 1 aliphatic rings. The number of aromatic amines is 1. The molecule has 1 saturated heterocycles. The summed E-state index contributed by atoms with van der Waals surface area (Å²) in [4.78, 5) is 10.4. The van der Waals surface area contributed by atoms with Crippen molar-refractivity contribution in [1.82, 2.24) is 14.9 Å². The molecule has 0 spiro atoms. The first kappa shape index (κ1) is 12.2. The van der Waals surface area contributed by atoms with Gasteiger partial charge in [-0.3, -0.25) is 0 Å². The van der Waals surface area contributed by atoms with Gasteiger partial charge in [0.25, 0.3) is 0 Å². The summed E-state index contributed by atoms with van der Waals surface area (Å²) in [5, 5.41) is 3.12. The van der Waals surface area contributed by atoms with E-state index in [2.05, 4.69) is 51.5 Å². The van der Waals surface area contributed by atoms with Crippen LogP contribution < -0.4 is 5.32 Å². The van der Waals surface area contributed by atoms with Crippen molar-refractivity contribution in [1.29, 1.82) is 0 Å². The lowest BCUT2D eigenvalue weighted by Gasteiger charge is -2.07. The Kier molecular flexibility index (Phi) is 3.25. The van der Waals surface area contributed by atoms with Crippen LogP contribution in [0.5, 0.6) is 0 Å². The maximum absolute atomic E-state index is 4.52. The Labute approximate surface area is 113 Å². The van der Waals surface area contributed by atoms with Crippen molar-refractivity contribution in [3.8, 4) is 11.4 Å². The Morgan fingerprint density at radius 2 is 2.11 bits per heavy atom. The van der Waals surface area contributed by atoms with Crippen LogP contribution in [-0.4, -0.2) is 42.1 Å². The van der Waals surface area contributed by atoms with Crippen molar-refractivity contribution in [2.75, 3.05) is 32.5 Å². The van der Waals surface area contributed by atoms with Crippen LogP contribution in [0.15, 0.2) is 30.5 Å². The summed E-state index contributed by atoms with van der Waals surface area (Å²) in [5.74, 6) is 1.56. The lowest BCUT2D eigenvalue weighted by atomic mass is 10.1. The molecule has 1 unspecified atom stereocenters. The number of hydrogen-bond acceptors (Lipinski definition) is 3. The monoisotopic (exact) mass is 256 g/mol. The van der Waals surface area contributed by atoms with Crippen LogP contribution in [-0.2, 0) is 0 Å². The summed E-state index contributed by atoms with van der Waals surface area (Å²) in [6.45, 7) is 2.30. The van der Waals surface area contributed by atoms with Crippen LogP contribution in [0.1, 0.15) is 18.0 Å². The van der Waals surface area contributed by atoms with Crippen LogP contribution in [0.25, 0.3) is 11.4 Å². The molecule has 19 heavy (non-hydrogen) atoms. The molecular weight excluding hydrogens is 236 g/mol. The van der Waals surface area contributed by atoms with E-state index in [0.29, 0.717) is 5.92 Å². The van der Waals surface area contributed by atoms with E-state index < -0.39 is 0 Å². The molecule has 0 saturated carbocycles. The molecule has 4 nitrogen and oxygen atoms in total. The third kappa shape index (κ3) is 2.49. The maximum atomic E-state index is 4.52. The van der Waals surface area contributed by atoms with Crippen LogP contribution >= 0.6 is 0 Å². The van der Waals surface area contributed by atoms with E-state index in [9.17, 15) is 0 Å². The molecule has 2 heterocycles. The fraction of sp³-hybridized carbons (Fsp3) is 0.400. The molecule has 1 aromatic heterocycles. The Morgan fingerprint density at radius 3 is 2.74 bits per heavy atom. The number of rotatable bonds is 3. The van der Waals surface area contributed by atoms with Gasteiger partial charge in [0.2, 0.25) is 0 Å². The summed E-state index contributed by atoms with van der Waals surface area (Å²) >= 11 is 0. The number of hydrogen-bond donors (Lipinski definition) is 2. The minimum absolute atomic E-state index is 0.600. The molecule has 1 aliphatic heterocycles. The number of benzene rings is 1. The van der Waals surface area contributed by atoms with Gasteiger partial charge in [-0.05, 0) is 44.3 Å². The van der Waals surface area contributed by atoms with Gasteiger partial charge in [-0.1, -0.05) is 0 Å². The molecule has 3 rings (SSSR count). The lowest BCUT2D eigenvalue weighted by Crippen LogP contribution is -2.13. The van der Waals surface area contributed by atoms with Gasteiger partial charge in [0.05, 0.1) is 0 Å². The maximum Gasteiger partial charge on any atom is 0.137 e. The number of imidazole rings is 1. The molecular formula is C15H20N4. The predicted octanol–water partition coefficient (Wildman–Crippen LogP) is 2.54. The summed E-state index contributed by atoms with van der Waals surface area (Å²) in [6, 6.07) is 8.33. The number of nitrogens with zero attached hydrogens (tertiary/aromatic N) is 2. The molecule has 4 heteroatoms. The van der Waals surface area contributed by atoms with E-state index >= 15 is 0 Å². The average molecular weight is 256 g/mol. The molecule has 0 amide bonds. The van der Waals surface area contributed by atoms with E-state index in [0.717, 1.165) is 23.6 Å². The second kappa shape index (κ2) is 5.05. The molecule has 0 bridgehead atoms. The average Bonchev–Trinajstić information content (AvgIpc) is 3.07. The van der Waals surface area contributed by atoms with Gasteiger partial charge in [0.15, 0.2) is 0 Å². The molecule has 1 aromatic carbocycles. The van der Waals surface area contributed by atoms with Crippen LogP contribution in [0, 0.1) is 0 Å². The van der Waals surface area contributed by atoms with Gasteiger partial charge in [0, 0.05) is 42.7 Å². The zero-order valence-corrected chi connectivity index (χ0v) is 11.5. The Bertz CT molecular complexity index is 544. The van der Waals surface area contributed by atoms with Crippen molar-refractivity contribution in [3.63, 3.8) is 0 Å². The third-order valence-electron chi connectivity index (χ3n) is 3.87. The number of H-pyrrole nitrogens is 1. The first-order valence-corrected chi connectivity index (χ1v) is 6.78. The molecule has 1 atom stereocenters. The SMILES string of the molecule is CNc1ccc(-c2ncc(C3CCN(C)C3)[nH]2)cc1. The smallest absolute Gasteiger partial charge is 0.137 e. The number of likely N-dealkylation sites (tertiary alicyclic amines) is 1. The van der Waals surface area contributed by atoms with E-state index in [-0.39, 0.29) is 0 Å². The van der Waals surface area contributed by atoms with Gasteiger partial charge >= 0.3 is 0 Å². The fourth-order valence-electron chi connectivity index (χ4n) is 2.67. The number of anilines is 1. The van der Waals surface area contributed by atoms with Crippen molar-refractivity contribution in [2.24, 2.45) is 0 Å². The zero-order chi connectivity index (χ0) is 13.2. The van der Waals surface area contributed by atoms with Crippen molar-refractivity contribution in [3.05, 3.63) is 36.2 Å². The third-order valence-corrected chi connectivity index (χ3v) is 3.87. The van der Waals surface area contributed by atoms with E-state index in [1.807, 2.05) is 13.2 Å². The minimum Gasteiger partial charge on any atom is -0.388 e. The minimum atomic E-state index is 0.600. The zero-order valence-electron chi connectivity index (χ0n) is 11.5. The lowest BCUT2D eigenvalue weighted by molar-refractivity contribution is 0.411. The second-order valence-corrected chi connectivity index (χ2v) is 5.26. The Balaban J connectivity index is 1.80. The van der Waals surface area contributed by atoms with Crippen LogP contribution in [0.2, 0.25) is 0 Å². The highest BCUT2D eigenvalue weighted by Gasteiger charge is 2.22. The van der Waals surface area contributed by atoms with Crippen LogP contribution in [0.4, 0.5) is 5.69 Å². The summed E-state index contributed by atoms with van der Waals surface area (Å²) in [5.41, 5.74) is 3.52. The van der Waals surface area contributed by atoms with Gasteiger partial charge in [-0.15, -0.1) is 0 Å². The highest BCUT2D eigenvalue weighted by molar-refractivity contribution is 5.59. The van der Waals surface area contributed by atoms with Gasteiger partial charge in [-0.25, -0.2) is 4.98 Å². The first-order valence-electron chi connectivity index (χ1n) is 6.78. The van der Waals surface area contributed by atoms with E-state index in [1.54, 1.807) is 0 Å². The van der Waals surface area contributed by atoms with Gasteiger partial charge in [-0.2, -0.15) is 0 Å². The Morgan fingerprint density at radius 1 is 1.32 bits per heavy atom. The summed E-state index contributed by atoms with van der Waals surface area (Å²) < 4.78 is 0. The van der Waals surface area contributed by atoms with Gasteiger partial charge in [0.1, 0.15) is 5.82 Å². The summed E-state index contributed by atoms with van der Waals surface area (Å²) in [7, 11) is 4.10. The highest BCUT2D eigenvalue weighted by Crippen LogP contribution is 2.27. The number of likely N-dealkylation sites (N-methyl/N-ethyl adjacent to an activating group) is 1. The van der Waals surface area contributed by atoms with Crippen molar-refractivity contribution in [2.45, 2.75) is 12.3 Å². The van der Waals surface area contributed by atoms with Crippen LogP contribution in [0.3, 0.4) is 0 Å². The number of nitrogens with one attached hydrogen (secondary N) is 2. The molecule has 100 valence electrons. The fourth-order valence-corrected chi connectivity index (χ4v) is 2.67. The quantitative estimate of drug-likeness (QED) is 0.887. The molecule has 2 N–H and O–H groups in total. The summed E-state index contributed by atoms with van der Waals surface area (Å²) in [6.07, 6.45) is 3.21. The number of aromatic nitrogens is 2. The standard InChI is InChI=1S/C15H20N4/c1-16-13-5-3-11(4-6-13)15-17-9-14(18-15)12-7-8-19(2)10-12/h3-6,9,12,16H,7-8,10H2,1-2H3,(H,17,18). The van der Waals surface area contributed by atoms with E-state index in [1.165, 1.54) is 18.7 Å². The second-order valence-electron chi connectivity index (χ2n) is 5.26. The van der Waals surface area contributed by atoms with E-state index in [4.69, 9.17) is 0 Å².